The third-order valence-electron chi connectivity index (χ3n) is 4.60. The number of rotatable bonds is 2. The zero-order chi connectivity index (χ0) is 19.3. The molecule has 0 bridgehead atoms. The minimum atomic E-state index is -0.833. The lowest BCUT2D eigenvalue weighted by molar-refractivity contribution is -0.167. The Hall–Kier alpha value is -1.99. The second-order valence-corrected chi connectivity index (χ2v) is 7.11. The van der Waals surface area contributed by atoms with Gasteiger partial charge in [0.2, 0.25) is 0 Å². The van der Waals surface area contributed by atoms with Crippen LogP contribution in [0.1, 0.15) is 33.6 Å². The van der Waals surface area contributed by atoms with E-state index < -0.39 is 12.1 Å². The van der Waals surface area contributed by atoms with Crippen LogP contribution in [0.3, 0.4) is 0 Å². The molecule has 6 nitrogen and oxygen atoms in total. The third-order valence-corrected chi connectivity index (χ3v) is 4.60. The predicted octanol–water partition coefficient (Wildman–Crippen LogP) is 2.43. The molecular formula is C19H27FN2O4. The highest BCUT2D eigenvalue weighted by atomic mass is 19.1. The van der Waals surface area contributed by atoms with E-state index >= 15 is 0 Å². The first-order chi connectivity index (χ1) is 12.3. The van der Waals surface area contributed by atoms with Crippen molar-refractivity contribution in [1.82, 2.24) is 5.32 Å². The van der Waals surface area contributed by atoms with Gasteiger partial charge in [0.05, 0.1) is 17.8 Å². The van der Waals surface area contributed by atoms with E-state index in [9.17, 15) is 9.18 Å². The molecule has 0 aromatic heterocycles. The van der Waals surface area contributed by atoms with E-state index in [2.05, 4.69) is 5.32 Å². The Morgan fingerprint density at radius 1 is 1.35 bits per heavy atom. The topological polar surface area (TPSA) is 78.9 Å². The number of nitrogens with one attached hydrogen (secondary N) is 1. The molecule has 1 amide bonds. The van der Waals surface area contributed by atoms with E-state index in [-0.39, 0.29) is 23.2 Å². The minimum absolute atomic E-state index is 0.0637. The average Bonchev–Trinajstić information content (AvgIpc) is 2.58. The highest BCUT2D eigenvalue weighted by molar-refractivity contribution is 5.97. The molecule has 2 N–H and O–H groups in total. The summed E-state index contributed by atoms with van der Waals surface area (Å²) in [6.07, 6.45) is 1.18. The summed E-state index contributed by atoms with van der Waals surface area (Å²) in [7, 11) is 0. The van der Waals surface area contributed by atoms with Gasteiger partial charge in [0, 0.05) is 6.92 Å². The standard InChI is InChI=1S/C17H23FN2O2.C2H4O2/c1-12(2)15-16(21)20(14-6-4-3-5-13(14)18)11-17(22-15)7-9-19-10-8-17;1-2(3)4/h3-6,12,15,19H,7-11H2,1-2H3;1H3,(H,3,4). The summed E-state index contributed by atoms with van der Waals surface area (Å²) in [6, 6.07) is 6.48. The maximum absolute atomic E-state index is 14.2. The van der Waals surface area contributed by atoms with Gasteiger partial charge < -0.3 is 20.1 Å². The summed E-state index contributed by atoms with van der Waals surface area (Å²) in [4.78, 5) is 23.4. The van der Waals surface area contributed by atoms with Crippen LogP contribution in [-0.4, -0.2) is 48.3 Å². The van der Waals surface area contributed by atoms with Gasteiger partial charge in [0.15, 0.2) is 0 Å². The van der Waals surface area contributed by atoms with Gasteiger partial charge in [0.1, 0.15) is 11.9 Å². The van der Waals surface area contributed by atoms with Gasteiger partial charge in [-0.3, -0.25) is 9.59 Å². The Kier molecular flexibility index (Phi) is 6.72. The highest BCUT2D eigenvalue weighted by Crippen LogP contribution is 2.36. The monoisotopic (exact) mass is 366 g/mol. The normalized spacial score (nSPS) is 22.1. The zero-order valence-electron chi connectivity index (χ0n) is 15.5. The van der Waals surface area contributed by atoms with Gasteiger partial charge in [-0.25, -0.2) is 4.39 Å². The van der Waals surface area contributed by atoms with E-state index in [1.807, 2.05) is 13.8 Å². The number of para-hydroxylation sites is 1. The molecule has 2 saturated heterocycles. The van der Waals surface area contributed by atoms with Crippen LogP contribution in [0, 0.1) is 11.7 Å². The summed E-state index contributed by atoms with van der Waals surface area (Å²) in [5, 5.41) is 10.7. The number of amides is 1. The van der Waals surface area contributed by atoms with Crippen molar-refractivity contribution in [3.05, 3.63) is 30.1 Å². The van der Waals surface area contributed by atoms with E-state index in [0.29, 0.717) is 12.2 Å². The van der Waals surface area contributed by atoms with Crippen molar-refractivity contribution in [3.8, 4) is 0 Å². The zero-order valence-corrected chi connectivity index (χ0v) is 15.5. The Bertz CT molecular complexity index is 640. The summed E-state index contributed by atoms with van der Waals surface area (Å²) in [6.45, 7) is 7.19. The molecule has 7 heteroatoms. The lowest BCUT2D eigenvalue weighted by Crippen LogP contribution is -2.63. The van der Waals surface area contributed by atoms with Crippen LogP contribution in [0.4, 0.5) is 10.1 Å². The fourth-order valence-corrected chi connectivity index (χ4v) is 3.33. The second kappa shape index (κ2) is 8.60. The number of piperidine rings is 1. The molecule has 3 rings (SSSR count). The van der Waals surface area contributed by atoms with E-state index in [1.54, 1.807) is 23.1 Å². The fraction of sp³-hybridized carbons (Fsp3) is 0.579. The molecule has 26 heavy (non-hydrogen) atoms. The SMILES string of the molecule is CC(=O)O.CC(C)C1OC2(CCNCC2)CN(c2ccccc2F)C1=O. The Morgan fingerprint density at radius 3 is 2.46 bits per heavy atom. The van der Waals surface area contributed by atoms with Crippen molar-refractivity contribution in [2.24, 2.45) is 5.92 Å². The molecule has 1 aromatic rings. The first-order valence-electron chi connectivity index (χ1n) is 8.90. The second-order valence-electron chi connectivity index (χ2n) is 7.11. The van der Waals surface area contributed by atoms with Crippen molar-refractivity contribution >= 4 is 17.6 Å². The number of anilines is 1. The number of benzene rings is 1. The molecule has 2 aliphatic rings. The van der Waals surface area contributed by atoms with E-state index in [0.717, 1.165) is 32.9 Å². The highest BCUT2D eigenvalue weighted by Gasteiger charge is 2.47. The van der Waals surface area contributed by atoms with Gasteiger partial charge in [-0.05, 0) is 44.0 Å². The van der Waals surface area contributed by atoms with E-state index in [4.69, 9.17) is 14.6 Å². The van der Waals surface area contributed by atoms with Crippen LogP contribution in [0.25, 0.3) is 0 Å². The molecule has 0 saturated carbocycles. The van der Waals surface area contributed by atoms with Crippen LogP contribution < -0.4 is 10.2 Å². The number of morpholine rings is 1. The lowest BCUT2D eigenvalue weighted by atomic mass is 9.87. The van der Waals surface area contributed by atoms with Crippen molar-refractivity contribution < 1.29 is 23.8 Å². The molecule has 2 aliphatic heterocycles. The smallest absolute Gasteiger partial charge is 0.300 e. The number of hydrogen-bond donors (Lipinski definition) is 2. The average molecular weight is 366 g/mol. The van der Waals surface area contributed by atoms with E-state index in [1.165, 1.54) is 6.07 Å². The summed E-state index contributed by atoms with van der Waals surface area (Å²) < 4.78 is 20.4. The van der Waals surface area contributed by atoms with Crippen LogP contribution in [0.5, 0.6) is 0 Å². The van der Waals surface area contributed by atoms with Crippen molar-refractivity contribution in [3.63, 3.8) is 0 Å². The quantitative estimate of drug-likeness (QED) is 0.840. The predicted molar refractivity (Wildman–Crippen MR) is 96.6 cm³/mol. The van der Waals surface area contributed by atoms with Crippen molar-refractivity contribution in [2.45, 2.75) is 45.3 Å². The van der Waals surface area contributed by atoms with Crippen molar-refractivity contribution in [1.29, 1.82) is 0 Å². The Balaban J connectivity index is 0.000000552. The number of ether oxygens (including phenoxy) is 1. The molecular weight excluding hydrogens is 339 g/mol. The van der Waals surface area contributed by atoms with Crippen molar-refractivity contribution in [2.75, 3.05) is 24.5 Å². The number of carbonyl (C=O) groups excluding carboxylic acids is 1. The number of halogens is 1. The molecule has 144 valence electrons. The van der Waals surface area contributed by atoms with Gasteiger partial charge >= 0.3 is 0 Å². The molecule has 2 fully saturated rings. The number of carboxylic acid groups (broad SMARTS) is 1. The first kappa shape index (κ1) is 20.3. The third kappa shape index (κ3) is 4.80. The molecule has 2 heterocycles. The molecule has 1 atom stereocenters. The Morgan fingerprint density at radius 2 is 1.92 bits per heavy atom. The van der Waals surface area contributed by atoms with Gasteiger partial charge in [0.25, 0.3) is 11.9 Å². The van der Waals surface area contributed by atoms with Crippen LogP contribution in [0.2, 0.25) is 0 Å². The Labute approximate surface area is 153 Å². The fourth-order valence-electron chi connectivity index (χ4n) is 3.33. The van der Waals surface area contributed by atoms with Crippen LogP contribution in [-0.2, 0) is 14.3 Å². The summed E-state index contributed by atoms with van der Waals surface area (Å²) in [5.74, 6) is -1.26. The molecule has 1 spiro atoms. The molecule has 1 aromatic carbocycles. The van der Waals surface area contributed by atoms with Gasteiger partial charge in [-0.15, -0.1) is 0 Å². The summed E-state index contributed by atoms with van der Waals surface area (Å²) in [5.41, 5.74) is -0.00419. The van der Waals surface area contributed by atoms with Crippen LogP contribution >= 0.6 is 0 Å². The largest absolute Gasteiger partial charge is 0.481 e. The van der Waals surface area contributed by atoms with Gasteiger partial charge in [-0.2, -0.15) is 0 Å². The number of carboxylic acids is 1. The number of aliphatic carboxylic acids is 1. The number of hydrogen-bond acceptors (Lipinski definition) is 4. The molecule has 1 unspecified atom stereocenters. The van der Waals surface area contributed by atoms with Crippen LogP contribution in [0.15, 0.2) is 24.3 Å². The molecule has 0 aliphatic carbocycles. The first-order valence-corrected chi connectivity index (χ1v) is 8.90. The maximum Gasteiger partial charge on any atom is 0.300 e. The maximum atomic E-state index is 14.2. The lowest BCUT2D eigenvalue weighted by Gasteiger charge is -2.48. The van der Waals surface area contributed by atoms with Gasteiger partial charge in [-0.1, -0.05) is 26.0 Å². The summed E-state index contributed by atoms with van der Waals surface area (Å²) >= 11 is 0. The number of nitrogens with zero attached hydrogens (tertiary/aromatic N) is 1. The molecule has 0 radical (unpaired) electrons. The number of carbonyl (C=O) groups is 2. The minimum Gasteiger partial charge on any atom is -0.481 e.